The van der Waals surface area contributed by atoms with E-state index in [9.17, 15) is 4.79 Å². The Morgan fingerprint density at radius 2 is 2.17 bits per heavy atom. The van der Waals surface area contributed by atoms with Gasteiger partial charge in [0.25, 0.3) is 0 Å². The van der Waals surface area contributed by atoms with E-state index in [1.54, 1.807) is 6.07 Å². The SMILES string of the molecule is Nc1cc(Br)c(I)cc1C(=O)O. The van der Waals surface area contributed by atoms with Crippen LogP contribution in [0, 0.1) is 3.57 Å². The molecule has 0 amide bonds. The van der Waals surface area contributed by atoms with E-state index in [1.165, 1.54) is 6.07 Å². The topological polar surface area (TPSA) is 63.3 Å². The zero-order valence-corrected chi connectivity index (χ0v) is 9.59. The maximum absolute atomic E-state index is 10.6. The molecule has 64 valence electrons. The number of anilines is 1. The summed E-state index contributed by atoms with van der Waals surface area (Å²) in [6.07, 6.45) is 0. The average Bonchev–Trinajstić information content (AvgIpc) is 1.96. The molecular weight excluding hydrogens is 337 g/mol. The molecule has 5 heteroatoms. The first-order chi connectivity index (χ1) is 5.52. The molecule has 0 unspecified atom stereocenters. The van der Waals surface area contributed by atoms with Crippen molar-refractivity contribution in [2.75, 3.05) is 5.73 Å². The lowest BCUT2D eigenvalue weighted by atomic mass is 10.2. The van der Waals surface area contributed by atoms with Gasteiger partial charge in [0, 0.05) is 13.7 Å². The van der Waals surface area contributed by atoms with E-state index in [1.807, 2.05) is 22.6 Å². The second-order valence-corrected chi connectivity index (χ2v) is 4.18. The van der Waals surface area contributed by atoms with E-state index >= 15 is 0 Å². The van der Waals surface area contributed by atoms with Crippen LogP contribution in [0.15, 0.2) is 16.6 Å². The van der Waals surface area contributed by atoms with E-state index in [4.69, 9.17) is 10.8 Å². The molecule has 0 aliphatic rings. The number of benzene rings is 1. The smallest absolute Gasteiger partial charge is 0.337 e. The van der Waals surface area contributed by atoms with Gasteiger partial charge in [-0.2, -0.15) is 0 Å². The Bertz CT molecular complexity index is 340. The van der Waals surface area contributed by atoms with Crippen LogP contribution in [0.2, 0.25) is 0 Å². The lowest BCUT2D eigenvalue weighted by molar-refractivity contribution is 0.0698. The van der Waals surface area contributed by atoms with Crippen molar-refractivity contribution < 1.29 is 9.90 Å². The zero-order chi connectivity index (χ0) is 9.30. The molecule has 0 aliphatic heterocycles. The third kappa shape index (κ3) is 1.89. The first-order valence-corrected chi connectivity index (χ1v) is 4.87. The van der Waals surface area contributed by atoms with Gasteiger partial charge in [-0.1, -0.05) is 0 Å². The molecule has 0 atom stereocenters. The molecule has 1 aromatic carbocycles. The second kappa shape index (κ2) is 3.61. The Hall–Kier alpha value is -0.300. The molecule has 0 saturated heterocycles. The summed E-state index contributed by atoms with van der Waals surface area (Å²) >= 11 is 5.28. The highest BCUT2D eigenvalue weighted by Crippen LogP contribution is 2.24. The third-order valence-corrected chi connectivity index (χ3v) is 3.61. The van der Waals surface area contributed by atoms with Gasteiger partial charge in [0.15, 0.2) is 0 Å². The number of rotatable bonds is 1. The molecule has 0 fully saturated rings. The highest BCUT2D eigenvalue weighted by atomic mass is 127. The Morgan fingerprint density at radius 1 is 1.58 bits per heavy atom. The third-order valence-electron chi connectivity index (χ3n) is 1.32. The van der Waals surface area contributed by atoms with Crippen LogP contribution in [0.25, 0.3) is 0 Å². The van der Waals surface area contributed by atoms with E-state index in [-0.39, 0.29) is 11.3 Å². The van der Waals surface area contributed by atoms with Gasteiger partial charge in [0.1, 0.15) is 0 Å². The number of hydrogen-bond donors (Lipinski definition) is 2. The largest absolute Gasteiger partial charge is 0.478 e. The Balaban J connectivity index is 3.33. The van der Waals surface area contributed by atoms with E-state index in [0.29, 0.717) is 0 Å². The van der Waals surface area contributed by atoms with Crippen LogP contribution >= 0.6 is 38.5 Å². The van der Waals surface area contributed by atoms with Crippen molar-refractivity contribution in [1.29, 1.82) is 0 Å². The Labute approximate surface area is 91.2 Å². The molecule has 3 N–H and O–H groups in total. The number of aromatic carboxylic acids is 1. The van der Waals surface area contributed by atoms with E-state index in [0.717, 1.165) is 8.04 Å². The minimum Gasteiger partial charge on any atom is -0.478 e. The summed E-state index contributed by atoms with van der Waals surface area (Å²) < 4.78 is 1.64. The number of carbonyl (C=O) groups is 1. The van der Waals surface area contributed by atoms with Crippen molar-refractivity contribution >= 4 is 50.2 Å². The minimum absolute atomic E-state index is 0.141. The van der Waals surface area contributed by atoms with Crippen LogP contribution in [0.3, 0.4) is 0 Å². The van der Waals surface area contributed by atoms with Crippen LogP contribution < -0.4 is 5.73 Å². The number of carboxylic acids is 1. The van der Waals surface area contributed by atoms with Gasteiger partial charge >= 0.3 is 5.97 Å². The fraction of sp³-hybridized carbons (Fsp3) is 0. The van der Waals surface area contributed by atoms with Gasteiger partial charge in [-0.05, 0) is 50.7 Å². The summed E-state index contributed by atoms with van der Waals surface area (Å²) in [6.45, 7) is 0. The number of nitrogens with two attached hydrogens (primary N) is 1. The van der Waals surface area contributed by atoms with Crippen molar-refractivity contribution in [2.24, 2.45) is 0 Å². The molecule has 0 aromatic heterocycles. The highest BCUT2D eigenvalue weighted by Gasteiger charge is 2.09. The van der Waals surface area contributed by atoms with Crippen LogP contribution in [0.5, 0.6) is 0 Å². The fourth-order valence-electron chi connectivity index (χ4n) is 0.747. The fourth-order valence-corrected chi connectivity index (χ4v) is 1.58. The molecule has 0 bridgehead atoms. The van der Waals surface area contributed by atoms with Crippen LogP contribution in [-0.2, 0) is 0 Å². The zero-order valence-electron chi connectivity index (χ0n) is 5.84. The maximum atomic E-state index is 10.6. The standard InChI is InChI=1S/C7H5BrINO2/c8-4-2-6(10)3(7(11)12)1-5(4)9/h1-2H,10H2,(H,11,12). The van der Waals surface area contributed by atoms with Crippen LogP contribution in [0.4, 0.5) is 5.69 Å². The molecule has 0 heterocycles. The monoisotopic (exact) mass is 341 g/mol. The van der Waals surface area contributed by atoms with Gasteiger partial charge in [-0.15, -0.1) is 0 Å². The van der Waals surface area contributed by atoms with Gasteiger partial charge in [-0.25, -0.2) is 4.79 Å². The molecule has 3 nitrogen and oxygen atoms in total. The first-order valence-electron chi connectivity index (χ1n) is 3.00. The molecule has 12 heavy (non-hydrogen) atoms. The van der Waals surface area contributed by atoms with Gasteiger partial charge < -0.3 is 10.8 Å². The average molecular weight is 342 g/mol. The summed E-state index contributed by atoms with van der Waals surface area (Å²) in [5.74, 6) is -1.00. The van der Waals surface area contributed by atoms with Crippen molar-refractivity contribution in [1.82, 2.24) is 0 Å². The maximum Gasteiger partial charge on any atom is 0.337 e. The normalized spacial score (nSPS) is 9.83. The van der Waals surface area contributed by atoms with Gasteiger partial charge in [0.2, 0.25) is 0 Å². The summed E-state index contributed by atoms with van der Waals surface area (Å²) in [4.78, 5) is 10.6. The number of nitrogen functional groups attached to an aromatic ring is 1. The van der Waals surface area contributed by atoms with E-state index < -0.39 is 5.97 Å². The molecule has 0 spiro atoms. The van der Waals surface area contributed by atoms with E-state index in [2.05, 4.69) is 15.9 Å². The predicted molar refractivity (Wildman–Crippen MR) is 58.2 cm³/mol. The summed E-state index contributed by atoms with van der Waals surface area (Å²) in [5.41, 5.74) is 5.89. The summed E-state index contributed by atoms with van der Waals surface area (Å²) in [5, 5.41) is 8.68. The number of hydrogen-bond acceptors (Lipinski definition) is 2. The van der Waals surface area contributed by atoms with Crippen molar-refractivity contribution in [3.8, 4) is 0 Å². The first kappa shape index (κ1) is 9.79. The molecule has 1 aromatic rings. The lowest BCUT2D eigenvalue weighted by Gasteiger charge is -2.02. The van der Waals surface area contributed by atoms with Crippen LogP contribution in [-0.4, -0.2) is 11.1 Å². The number of halogens is 2. The van der Waals surface area contributed by atoms with Gasteiger partial charge in [0.05, 0.1) is 5.56 Å². The van der Waals surface area contributed by atoms with Gasteiger partial charge in [-0.3, -0.25) is 0 Å². The molecule has 0 radical (unpaired) electrons. The molecule has 0 aliphatic carbocycles. The van der Waals surface area contributed by atoms with Crippen LogP contribution in [0.1, 0.15) is 10.4 Å². The Morgan fingerprint density at radius 3 is 2.67 bits per heavy atom. The quantitative estimate of drug-likeness (QED) is 0.608. The highest BCUT2D eigenvalue weighted by molar-refractivity contribution is 14.1. The minimum atomic E-state index is -1.00. The summed E-state index contributed by atoms with van der Waals surface area (Å²) in [7, 11) is 0. The molecular formula is C7H5BrINO2. The molecule has 1 rings (SSSR count). The van der Waals surface area contributed by atoms with Crippen molar-refractivity contribution in [2.45, 2.75) is 0 Å². The molecule has 0 saturated carbocycles. The number of carboxylic acid groups (broad SMARTS) is 1. The predicted octanol–water partition coefficient (Wildman–Crippen LogP) is 2.33. The second-order valence-electron chi connectivity index (χ2n) is 2.16. The Kier molecular flexibility index (Phi) is 2.94. The van der Waals surface area contributed by atoms with Crippen molar-refractivity contribution in [3.05, 3.63) is 25.7 Å². The van der Waals surface area contributed by atoms with Crippen molar-refractivity contribution in [3.63, 3.8) is 0 Å². The summed E-state index contributed by atoms with van der Waals surface area (Å²) in [6, 6.07) is 3.12. The lowest BCUT2D eigenvalue weighted by Crippen LogP contribution is -2.02.